The van der Waals surface area contributed by atoms with Crippen molar-refractivity contribution < 1.29 is 14.2 Å². The van der Waals surface area contributed by atoms with Crippen LogP contribution in [0.4, 0.5) is 0 Å². The van der Waals surface area contributed by atoms with Crippen LogP contribution in [0.5, 0.6) is 17.4 Å². The van der Waals surface area contributed by atoms with E-state index in [4.69, 9.17) is 19.9 Å². The van der Waals surface area contributed by atoms with Crippen LogP contribution in [0, 0.1) is 11.3 Å². The van der Waals surface area contributed by atoms with E-state index in [0.29, 0.717) is 29.6 Å². The molecule has 0 radical (unpaired) electrons. The topological polar surface area (TPSA) is 106 Å². The highest BCUT2D eigenvalue weighted by atomic mass is 16.5. The van der Waals surface area contributed by atoms with E-state index in [-0.39, 0.29) is 5.88 Å². The van der Waals surface area contributed by atoms with Gasteiger partial charge in [-0.05, 0) is 29.7 Å². The first-order chi connectivity index (χ1) is 15.2. The highest BCUT2D eigenvalue weighted by Gasteiger charge is 2.36. The van der Waals surface area contributed by atoms with Gasteiger partial charge in [0.25, 0.3) is 0 Å². The van der Waals surface area contributed by atoms with Crippen LogP contribution >= 0.6 is 0 Å². The number of aromatic nitrogens is 2. The maximum Gasteiger partial charge on any atom is 0.244 e. The summed E-state index contributed by atoms with van der Waals surface area (Å²) in [6.45, 7) is 2.69. The smallest absolute Gasteiger partial charge is 0.244 e. The summed E-state index contributed by atoms with van der Waals surface area (Å²) >= 11 is 0. The molecule has 158 valence electrons. The number of rotatable bonds is 7. The number of hydrogen-bond acceptors (Lipinski definition) is 6. The molecule has 0 aliphatic carbocycles. The van der Waals surface area contributed by atoms with Crippen molar-refractivity contribution in [2.75, 3.05) is 13.7 Å². The summed E-state index contributed by atoms with van der Waals surface area (Å²) in [5.74, 6) is 1.22. The molecule has 0 saturated heterocycles. The summed E-state index contributed by atoms with van der Waals surface area (Å²) < 4.78 is 17.1. The molecule has 1 unspecified atom stereocenters. The number of H-pyrrole nitrogens is 1. The van der Waals surface area contributed by atoms with Crippen LogP contribution in [0.3, 0.4) is 0 Å². The van der Waals surface area contributed by atoms with E-state index in [2.05, 4.69) is 23.2 Å². The van der Waals surface area contributed by atoms with Gasteiger partial charge in [-0.25, -0.2) is 0 Å². The fourth-order valence-electron chi connectivity index (χ4n) is 3.72. The van der Waals surface area contributed by atoms with Gasteiger partial charge >= 0.3 is 0 Å². The zero-order valence-corrected chi connectivity index (χ0v) is 17.5. The van der Waals surface area contributed by atoms with E-state index in [1.54, 1.807) is 7.11 Å². The molecule has 0 fully saturated rings. The van der Waals surface area contributed by atoms with E-state index in [1.165, 1.54) is 0 Å². The van der Waals surface area contributed by atoms with Crippen LogP contribution in [0.1, 0.15) is 36.8 Å². The minimum atomic E-state index is -0.456. The molecular formula is C24H24N4O3. The average Bonchev–Trinajstić information content (AvgIpc) is 3.22. The van der Waals surface area contributed by atoms with Crippen LogP contribution in [0.25, 0.3) is 11.3 Å². The van der Waals surface area contributed by atoms with Crippen molar-refractivity contribution in [1.29, 1.82) is 5.26 Å². The summed E-state index contributed by atoms with van der Waals surface area (Å²) in [5.41, 5.74) is 9.76. The number of fused-ring (bicyclic) bond motifs is 1. The minimum absolute atomic E-state index is 0.0513. The molecule has 1 aliphatic heterocycles. The SMILES string of the molecule is CCCCOc1cc(C2C(C#N)=C(N)Oc3n[nH]c(-c4ccccc4)c32)ccc1OC. The third-order valence-corrected chi connectivity index (χ3v) is 5.28. The van der Waals surface area contributed by atoms with Crippen molar-refractivity contribution in [1.82, 2.24) is 10.2 Å². The molecular weight excluding hydrogens is 392 g/mol. The number of ether oxygens (including phenoxy) is 3. The Morgan fingerprint density at radius 3 is 2.71 bits per heavy atom. The number of nitriles is 1. The maximum atomic E-state index is 9.91. The number of methoxy groups -OCH3 is 1. The molecule has 3 aromatic rings. The van der Waals surface area contributed by atoms with Crippen LogP contribution < -0.4 is 19.9 Å². The first kappa shape index (κ1) is 20.4. The van der Waals surface area contributed by atoms with Gasteiger partial charge in [-0.3, -0.25) is 5.10 Å². The second-order valence-corrected chi connectivity index (χ2v) is 7.22. The highest BCUT2D eigenvalue weighted by molar-refractivity contribution is 5.71. The molecule has 2 heterocycles. The Kier molecular flexibility index (Phi) is 5.80. The van der Waals surface area contributed by atoms with Gasteiger partial charge < -0.3 is 19.9 Å². The van der Waals surface area contributed by atoms with E-state index >= 15 is 0 Å². The summed E-state index contributed by atoms with van der Waals surface area (Å²) in [5, 5.41) is 17.3. The van der Waals surface area contributed by atoms with Gasteiger partial charge in [0, 0.05) is 0 Å². The molecule has 1 atom stereocenters. The Morgan fingerprint density at radius 1 is 1.19 bits per heavy atom. The zero-order chi connectivity index (χ0) is 21.8. The number of nitrogens with zero attached hydrogens (tertiary/aromatic N) is 2. The zero-order valence-electron chi connectivity index (χ0n) is 17.5. The van der Waals surface area contributed by atoms with Crippen molar-refractivity contribution >= 4 is 0 Å². The van der Waals surface area contributed by atoms with E-state index in [1.807, 2.05) is 48.5 Å². The fraction of sp³-hybridized carbons (Fsp3) is 0.250. The molecule has 0 bridgehead atoms. The van der Waals surface area contributed by atoms with Gasteiger partial charge in [0.2, 0.25) is 11.8 Å². The highest BCUT2D eigenvalue weighted by Crippen LogP contribution is 2.46. The lowest BCUT2D eigenvalue weighted by Gasteiger charge is -2.25. The Labute approximate surface area is 181 Å². The first-order valence-electron chi connectivity index (χ1n) is 10.2. The number of hydrogen-bond donors (Lipinski definition) is 2. The molecule has 1 aromatic heterocycles. The van der Waals surface area contributed by atoms with Crippen molar-refractivity contribution in [2.45, 2.75) is 25.7 Å². The molecule has 0 spiro atoms. The van der Waals surface area contributed by atoms with Gasteiger partial charge in [-0.15, -0.1) is 5.10 Å². The van der Waals surface area contributed by atoms with Crippen molar-refractivity contribution in [3.63, 3.8) is 0 Å². The summed E-state index contributed by atoms with van der Waals surface area (Å²) in [6.07, 6.45) is 1.96. The largest absolute Gasteiger partial charge is 0.493 e. The van der Waals surface area contributed by atoms with Gasteiger partial charge in [0.15, 0.2) is 11.5 Å². The molecule has 1 aliphatic rings. The predicted octanol–water partition coefficient (Wildman–Crippen LogP) is 4.48. The van der Waals surface area contributed by atoms with Crippen LogP contribution in [-0.2, 0) is 0 Å². The average molecular weight is 416 g/mol. The quantitative estimate of drug-likeness (QED) is 0.550. The molecule has 3 N–H and O–H groups in total. The molecule has 31 heavy (non-hydrogen) atoms. The first-order valence-corrected chi connectivity index (χ1v) is 10.2. The molecule has 7 nitrogen and oxygen atoms in total. The number of unbranched alkanes of at least 4 members (excludes halogenated alkanes) is 1. The molecule has 4 rings (SSSR count). The van der Waals surface area contributed by atoms with Gasteiger partial charge in [-0.1, -0.05) is 49.7 Å². The van der Waals surface area contributed by atoms with E-state index in [0.717, 1.165) is 35.2 Å². The lowest BCUT2D eigenvalue weighted by atomic mass is 9.83. The minimum Gasteiger partial charge on any atom is -0.493 e. The standard InChI is InChI=1S/C24H24N4O3/c1-3-4-12-30-19-13-16(10-11-18(19)29-2)20-17(14-25)23(26)31-24-21(20)22(27-28-24)15-8-6-5-7-9-15/h5-11,13,20H,3-4,12,26H2,1-2H3,(H,27,28). The normalized spacial score (nSPS) is 15.1. The van der Waals surface area contributed by atoms with Crippen molar-refractivity contribution in [2.24, 2.45) is 5.73 Å². The number of aromatic amines is 1. The molecule has 7 heteroatoms. The Balaban J connectivity index is 1.85. The van der Waals surface area contributed by atoms with E-state index < -0.39 is 5.92 Å². The Bertz CT molecular complexity index is 1150. The van der Waals surface area contributed by atoms with Gasteiger partial charge in [0.1, 0.15) is 11.6 Å². The monoisotopic (exact) mass is 416 g/mol. The number of nitrogens with two attached hydrogens (primary N) is 1. The molecule has 0 saturated carbocycles. The van der Waals surface area contributed by atoms with Crippen LogP contribution in [0.15, 0.2) is 60.0 Å². The van der Waals surface area contributed by atoms with Crippen LogP contribution in [-0.4, -0.2) is 23.9 Å². The summed E-state index contributed by atoms with van der Waals surface area (Å²) in [6, 6.07) is 17.7. The lowest BCUT2D eigenvalue weighted by Crippen LogP contribution is -2.21. The molecule has 2 aromatic carbocycles. The van der Waals surface area contributed by atoms with E-state index in [9.17, 15) is 5.26 Å². The number of nitrogens with one attached hydrogen (secondary N) is 1. The number of allylic oxidation sites excluding steroid dienone is 1. The van der Waals surface area contributed by atoms with Crippen molar-refractivity contribution in [3.8, 4) is 34.7 Å². The fourth-order valence-corrected chi connectivity index (χ4v) is 3.72. The third-order valence-electron chi connectivity index (χ3n) is 5.28. The maximum absolute atomic E-state index is 9.91. The third kappa shape index (κ3) is 3.80. The van der Waals surface area contributed by atoms with Gasteiger partial charge in [0.05, 0.1) is 30.9 Å². The van der Waals surface area contributed by atoms with Gasteiger partial charge in [-0.2, -0.15) is 5.26 Å². The Hall–Kier alpha value is -3.92. The summed E-state index contributed by atoms with van der Waals surface area (Å²) in [4.78, 5) is 0. The number of benzene rings is 2. The lowest BCUT2D eigenvalue weighted by molar-refractivity contribution is 0.288. The van der Waals surface area contributed by atoms with Crippen LogP contribution in [0.2, 0.25) is 0 Å². The summed E-state index contributed by atoms with van der Waals surface area (Å²) in [7, 11) is 1.61. The second-order valence-electron chi connectivity index (χ2n) is 7.22. The van der Waals surface area contributed by atoms with Crippen molar-refractivity contribution in [3.05, 3.63) is 71.1 Å². The predicted molar refractivity (Wildman–Crippen MR) is 117 cm³/mol. The second kappa shape index (κ2) is 8.84. The Morgan fingerprint density at radius 2 is 2.00 bits per heavy atom. The molecule has 0 amide bonds.